The molecule has 1 aromatic carbocycles. The topological polar surface area (TPSA) is 82.7 Å². The van der Waals surface area contributed by atoms with Crippen molar-refractivity contribution in [2.75, 3.05) is 47.6 Å². The minimum atomic E-state index is -0.501. The van der Waals surface area contributed by atoms with Crippen molar-refractivity contribution in [2.24, 2.45) is 4.99 Å². The van der Waals surface area contributed by atoms with Crippen LogP contribution in [0.3, 0.4) is 0 Å². The number of ether oxygens (including phenoxy) is 4. The predicted molar refractivity (Wildman–Crippen MR) is 109 cm³/mol. The lowest BCUT2D eigenvalue weighted by atomic mass is 10.1. The fourth-order valence-corrected chi connectivity index (χ4v) is 2.53. The zero-order valence-electron chi connectivity index (χ0n) is 17.3. The van der Waals surface area contributed by atoms with Crippen LogP contribution in [0.15, 0.2) is 46.0 Å². The van der Waals surface area contributed by atoms with Crippen molar-refractivity contribution in [2.45, 2.75) is 13.3 Å². The fraction of sp³-hybridized carbons (Fsp3) is 0.429. The Kier molecular flexibility index (Phi) is 9.04. The molecule has 0 radical (unpaired) electrons. The monoisotopic (exact) mass is 404 g/mol. The van der Waals surface area contributed by atoms with Gasteiger partial charge < -0.3 is 28.3 Å². The van der Waals surface area contributed by atoms with Crippen molar-refractivity contribution < 1.29 is 28.2 Å². The summed E-state index contributed by atoms with van der Waals surface area (Å²) in [5.74, 6) is 1.00. The Morgan fingerprint density at radius 1 is 1.14 bits per heavy atom. The first-order chi connectivity index (χ1) is 14.1. The van der Waals surface area contributed by atoms with Crippen LogP contribution in [-0.4, -0.2) is 64.5 Å². The van der Waals surface area contributed by atoms with Crippen LogP contribution in [0.2, 0.25) is 0 Å². The molecule has 0 aliphatic heterocycles. The van der Waals surface area contributed by atoms with Crippen molar-refractivity contribution in [1.29, 1.82) is 0 Å². The molecule has 8 nitrogen and oxygen atoms in total. The maximum atomic E-state index is 12.3. The molecule has 2 aromatic rings. The largest absolute Gasteiger partial charge is 0.493 e. The molecule has 0 aliphatic rings. The van der Waals surface area contributed by atoms with E-state index in [9.17, 15) is 4.79 Å². The third-order valence-electron chi connectivity index (χ3n) is 4.10. The molecule has 1 heterocycles. The average Bonchev–Trinajstić information content (AvgIpc) is 3.28. The third kappa shape index (κ3) is 6.83. The van der Waals surface area contributed by atoms with E-state index in [1.165, 1.54) is 6.26 Å². The molecule has 2 rings (SSSR count). The van der Waals surface area contributed by atoms with Crippen LogP contribution in [0, 0.1) is 0 Å². The minimum Gasteiger partial charge on any atom is -0.493 e. The maximum absolute atomic E-state index is 12.3. The Morgan fingerprint density at radius 3 is 2.59 bits per heavy atom. The quantitative estimate of drug-likeness (QED) is 0.342. The summed E-state index contributed by atoms with van der Waals surface area (Å²) >= 11 is 0. The highest BCUT2D eigenvalue weighted by atomic mass is 16.5. The molecule has 0 spiro atoms. The molecule has 158 valence electrons. The highest BCUT2D eigenvalue weighted by molar-refractivity contribution is 5.99. The summed E-state index contributed by atoms with van der Waals surface area (Å²) < 4.78 is 26.7. The van der Waals surface area contributed by atoms with Gasteiger partial charge in [-0.15, -0.1) is 0 Å². The van der Waals surface area contributed by atoms with Crippen LogP contribution in [0.25, 0.3) is 0 Å². The van der Waals surface area contributed by atoms with Crippen molar-refractivity contribution in [3.8, 4) is 11.5 Å². The number of likely N-dealkylation sites (N-methyl/N-ethyl adjacent to an activating group) is 1. The first-order valence-corrected chi connectivity index (χ1v) is 9.38. The van der Waals surface area contributed by atoms with Crippen molar-refractivity contribution in [3.05, 3.63) is 47.9 Å². The minimum absolute atomic E-state index is 0.157. The molecule has 1 aromatic heterocycles. The van der Waals surface area contributed by atoms with Gasteiger partial charge in [0.15, 0.2) is 17.3 Å². The van der Waals surface area contributed by atoms with Gasteiger partial charge in [-0.05, 0) is 43.2 Å². The summed E-state index contributed by atoms with van der Waals surface area (Å²) in [7, 11) is 5.02. The summed E-state index contributed by atoms with van der Waals surface area (Å²) in [5.41, 5.74) is 1.06. The lowest BCUT2D eigenvalue weighted by molar-refractivity contribution is 0.0917. The average molecular weight is 404 g/mol. The van der Waals surface area contributed by atoms with Gasteiger partial charge in [-0.3, -0.25) is 4.79 Å². The molecular weight excluding hydrogens is 376 g/mol. The van der Waals surface area contributed by atoms with E-state index in [-0.39, 0.29) is 11.8 Å². The highest BCUT2D eigenvalue weighted by Crippen LogP contribution is 2.27. The number of amidine groups is 1. The summed E-state index contributed by atoms with van der Waals surface area (Å²) in [5, 5.41) is 0. The molecule has 8 heteroatoms. The predicted octanol–water partition coefficient (Wildman–Crippen LogP) is 3.02. The van der Waals surface area contributed by atoms with Gasteiger partial charge in [-0.1, -0.05) is 6.07 Å². The first-order valence-electron chi connectivity index (χ1n) is 9.38. The van der Waals surface area contributed by atoms with Gasteiger partial charge in [0.2, 0.25) is 0 Å². The van der Waals surface area contributed by atoms with Crippen LogP contribution in [0.4, 0.5) is 0 Å². The van der Waals surface area contributed by atoms with E-state index in [1.54, 1.807) is 31.3 Å². The van der Waals surface area contributed by atoms with Gasteiger partial charge in [0, 0.05) is 20.2 Å². The standard InChI is InChI=1S/C21H28N2O6/c1-5-27-13-14-29-21(22-20(24)18-7-6-12-28-18)23(2)11-10-16-8-9-17(25-3)19(15-16)26-4/h6-9,12,15H,5,10-11,13-14H2,1-4H3. The van der Waals surface area contributed by atoms with Gasteiger partial charge in [0.05, 0.1) is 27.1 Å². The molecule has 0 saturated heterocycles. The van der Waals surface area contributed by atoms with Gasteiger partial charge in [-0.2, -0.15) is 4.99 Å². The number of hydrogen-bond acceptors (Lipinski definition) is 6. The van der Waals surface area contributed by atoms with Crippen LogP contribution in [0.1, 0.15) is 23.0 Å². The second-order valence-corrected chi connectivity index (χ2v) is 6.08. The normalized spacial score (nSPS) is 11.2. The number of benzene rings is 1. The lowest BCUT2D eigenvalue weighted by Crippen LogP contribution is -2.32. The van der Waals surface area contributed by atoms with E-state index >= 15 is 0 Å². The number of carbonyl (C=O) groups is 1. The molecular formula is C21H28N2O6. The molecule has 29 heavy (non-hydrogen) atoms. The number of carbonyl (C=O) groups excluding carboxylic acids is 1. The summed E-state index contributed by atoms with van der Waals surface area (Å²) in [6.07, 6.45) is 2.12. The fourth-order valence-electron chi connectivity index (χ4n) is 2.53. The number of aliphatic imine (C=N–C) groups is 1. The Morgan fingerprint density at radius 2 is 1.93 bits per heavy atom. The molecule has 0 atom stereocenters. The van der Waals surface area contributed by atoms with Crippen LogP contribution in [-0.2, 0) is 15.9 Å². The first kappa shape index (κ1) is 22.3. The summed E-state index contributed by atoms with van der Waals surface area (Å²) in [4.78, 5) is 18.1. The van der Waals surface area contributed by atoms with Gasteiger partial charge in [0.25, 0.3) is 6.02 Å². The van der Waals surface area contributed by atoms with E-state index in [0.717, 1.165) is 5.56 Å². The van der Waals surface area contributed by atoms with E-state index in [2.05, 4.69) is 4.99 Å². The Labute approximate surface area is 171 Å². The van der Waals surface area contributed by atoms with Gasteiger partial charge >= 0.3 is 5.91 Å². The second-order valence-electron chi connectivity index (χ2n) is 6.08. The van der Waals surface area contributed by atoms with Crippen molar-refractivity contribution >= 4 is 11.9 Å². The number of furan rings is 1. The Balaban J connectivity index is 2.05. The van der Waals surface area contributed by atoms with Crippen molar-refractivity contribution in [3.63, 3.8) is 0 Å². The Bertz CT molecular complexity index is 788. The Hall–Kier alpha value is -3.00. The zero-order chi connectivity index (χ0) is 21.1. The molecule has 0 bridgehead atoms. The number of rotatable bonds is 10. The molecule has 0 fully saturated rings. The summed E-state index contributed by atoms with van der Waals surface area (Å²) in [6.45, 7) is 3.78. The molecule has 0 saturated carbocycles. The molecule has 0 N–H and O–H groups in total. The lowest BCUT2D eigenvalue weighted by Gasteiger charge is -2.21. The van der Waals surface area contributed by atoms with Crippen LogP contribution >= 0.6 is 0 Å². The zero-order valence-corrected chi connectivity index (χ0v) is 17.3. The van der Waals surface area contributed by atoms with Crippen molar-refractivity contribution in [1.82, 2.24) is 4.90 Å². The van der Waals surface area contributed by atoms with E-state index in [1.807, 2.05) is 32.2 Å². The van der Waals surface area contributed by atoms with E-state index in [0.29, 0.717) is 44.3 Å². The van der Waals surface area contributed by atoms with Gasteiger partial charge in [-0.25, -0.2) is 0 Å². The van der Waals surface area contributed by atoms with Gasteiger partial charge in [0.1, 0.15) is 6.61 Å². The highest BCUT2D eigenvalue weighted by Gasteiger charge is 2.15. The molecule has 0 aliphatic carbocycles. The van der Waals surface area contributed by atoms with E-state index < -0.39 is 5.91 Å². The molecule has 1 amide bonds. The third-order valence-corrected chi connectivity index (χ3v) is 4.10. The summed E-state index contributed by atoms with van der Waals surface area (Å²) in [6, 6.07) is 9.17. The maximum Gasteiger partial charge on any atom is 0.317 e. The van der Waals surface area contributed by atoms with Crippen LogP contribution < -0.4 is 9.47 Å². The van der Waals surface area contributed by atoms with Crippen LogP contribution in [0.5, 0.6) is 11.5 Å². The van der Waals surface area contributed by atoms with E-state index in [4.69, 9.17) is 23.4 Å². The number of hydrogen-bond donors (Lipinski definition) is 0. The number of methoxy groups -OCH3 is 2. The number of amides is 1. The SMILES string of the molecule is CCOCCOC(=NC(=O)c1ccco1)N(C)CCc1ccc(OC)c(OC)c1. The molecule has 0 unspecified atom stereocenters. The number of nitrogens with zero attached hydrogens (tertiary/aromatic N) is 2. The smallest absolute Gasteiger partial charge is 0.317 e. The second kappa shape index (κ2) is 11.8.